The number of nitrogen functional groups attached to an aromatic ring is 1. The molecule has 0 amide bonds. The first-order valence-electron chi connectivity index (χ1n) is 5.23. The molecule has 0 aliphatic carbocycles. The van der Waals surface area contributed by atoms with Crippen LogP contribution in [0.1, 0.15) is 11.1 Å². The Hall–Kier alpha value is -1.19. The number of anilines is 1. The molecule has 0 fully saturated rings. The SMILES string of the molecule is Cc1cncc(CSc2cc(Cl)ccc2N)c1. The third-order valence-corrected chi connectivity index (χ3v) is 3.68. The molecule has 1 aromatic carbocycles. The lowest BCUT2D eigenvalue weighted by Crippen LogP contribution is -1.89. The molecular weight excluding hydrogens is 252 g/mol. The molecule has 0 radical (unpaired) electrons. The maximum Gasteiger partial charge on any atom is 0.0453 e. The van der Waals surface area contributed by atoms with E-state index in [4.69, 9.17) is 17.3 Å². The molecule has 1 aromatic heterocycles. The zero-order valence-corrected chi connectivity index (χ0v) is 11.1. The number of pyridine rings is 1. The quantitative estimate of drug-likeness (QED) is 0.675. The fourth-order valence-electron chi connectivity index (χ4n) is 1.49. The topological polar surface area (TPSA) is 38.9 Å². The van der Waals surface area contributed by atoms with Gasteiger partial charge in [0.1, 0.15) is 0 Å². The maximum absolute atomic E-state index is 5.94. The van der Waals surface area contributed by atoms with E-state index >= 15 is 0 Å². The zero-order valence-electron chi connectivity index (χ0n) is 9.48. The Morgan fingerprint density at radius 2 is 2.12 bits per heavy atom. The van der Waals surface area contributed by atoms with Crippen LogP contribution in [-0.2, 0) is 5.75 Å². The Bertz CT molecular complexity index is 529. The highest BCUT2D eigenvalue weighted by Crippen LogP contribution is 2.30. The van der Waals surface area contributed by atoms with Gasteiger partial charge in [0.2, 0.25) is 0 Å². The molecule has 88 valence electrons. The molecule has 17 heavy (non-hydrogen) atoms. The van der Waals surface area contributed by atoms with Crippen molar-refractivity contribution in [3.63, 3.8) is 0 Å². The predicted octanol–water partition coefficient (Wildman–Crippen LogP) is 3.92. The van der Waals surface area contributed by atoms with Crippen LogP contribution in [0.2, 0.25) is 5.02 Å². The van der Waals surface area contributed by atoms with Gasteiger partial charge in [0.05, 0.1) is 0 Å². The van der Waals surface area contributed by atoms with Crippen molar-refractivity contribution in [2.24, 2.45) is 0 Å². The number of halogens is 1. The minimum Gasteiger partial charge on any atom is -0.398 e. The van der Waals surface area contributed by atoms with Crippen LogP contribution in [0.3, 0.4) is 0 Å². The van der Waals surface area contributed by atoms with Crippen LogP contribution in [0, 0.1) is 6.92 Å². The summed E-state index contributed by atoms with van der Waals surface area (Å²) in [7, 11) is 0. The van der Waals surface area contributed by atoms with Gasteiger partial charge in [0.25, 0.3) is 0 Å². The van der Waals surface area contributed by atoms with E-state index in [0.717, 1.165) is 16.3 Å². The number of hydrogen-bond acceptors (Lipinski definition) is 3. The Labute approximate surface area is 110 Å². The normalized spacial score (nSPS) is 10.5. The summed E-state index contributed by atoms with van der Waals surface area (Å²) in [6.45, 7) is 2.04. The van der Waals surface area contributed by atoms with Gasteiger partial charge in [-0.3, -0.25) is 4.98 Å². The second-order valence-electron chi connectivity index (χ2n) is 3.84. The number of benzene rings is 1. The highest BCUT2D eigenvalue weighted by molar-refractivity contribution is 7.98. The fraction of sp³-hybridized carbons (Fsp3) is 0.154. The van der Waals surface area contributed by atoms with Crippen LogP contribution >= 0.6 is 23.4 Å². The van der Waals surface area contributed by atoms with Gasteiger partial charge in [-0.25, -0.2) is 0 Å². The Morgan fingerprint density at radius 3 is 2.88 bits per heavy atom. The molecule has 0 saturated heterocycles. The smallest absolute Gasteiger partial charge is 0.0453 e. The lowest BCUT2D eigenvalue weighted by atomic mass is 10.2. The van der Waals surface area contributed by atoms with Crippen LogP contribution in [0.15, 0.2) is 41.6 Å². The van der Waals surface area contributed by atoms with Crippen molar-refractivity contribution in [1.82, 2.24) is 4.98 Å². The average Bonchev–Trinajstić information content (AvgIpc) is 2.30. The van der Waals surface area contributed by atoms with Gasteiger partial charge >= 0.3 is 0 Å². The minimum atomic E-state index is 0.712. The van der Waals surface area contributed by atoms with Crippen molar-refractivity contribution in [3.05, 3.63) is 52.8 Å². The van der Waals surface area contributed by atoms with E-state index in [9.17, 15) is 0 Å². The standard InChI is InChI=1S/C13H13ClN2S/c1-9-4-10(7-16-6-9)8-17-13-5-11(14)2-3-12(13)15/h2-7H,8,15H2,1H3. The molecule has 0 aliphatic heterocycles. The number of aromatic nitrogens is 1. The molecule has 2 rings (SSSR count). The van der Waals surface area contributed by atoms with Crippen molar-refractivity contribution >= 4 is 29.1 Å². The largest absolute Gasteiger partial charge is 0.398 e. The van der Waals surface area contributed by atoms with Crippen LogP contribution in [-0.4, -0.2) is 4.98 Å². The molecule has 2 nitrogen and oxygen atoms in total. The lowest BCUT2D eigenvalue weighted by molar-refractivity contribution is 1.20. The van der Waals surface area contributed by atoms with Crippen LogP contribution in [0.5, 0.6) is 0 Å². The monoisotopic (exact) mass is 264 g/mol. The lowest BCUT2D eigenvalue weighted by Gasteiger charge is -2.06. The van der Waals surface area contributed by atoms with Gasteiger partial charge < -0.3 is 5.73 Å². The third-order valence-electron chi connectivity index (χ3n) is 2.30. The summed E-state index contributed by atoms with van der Waals surface area (Å²) in [4.78, 5) is 5.18. The summed E-state index contributed by atoms with van der Waals surface area (Å²) in [5, 5.41) is 0.712. The molecule has 0 unspecified atom stereocenters. The highest BCUT2D eigenvalue weighted by Gasteiger charge is 2.02. The summed E-state index contributed by atoms with van der Waals surface area (Å²) in [6, 6.07) is 7.65. The van der Waals surface area contributed by atoms with E-state index in [-0.39, 0.29) is 0 Å². The first kappa shape index (κ1) is 12.3. The molecule has 0 atom stereocenters. The van der Waals surface area contributed by atoms with Gasteiger partial charge in [-0.2, -0.15) is 0 Å². The Balaban J connectivity index is 2.09. The highest BCUT2D eigenvalue weighted by atomic mass is 35.5. The number of aryl methyl sites for hydroxylation is 1. The van der Waals surface area contributed by atoms with Crippen molar-refractivity contribution in [3.8, 4) is 0 Å². The van der Waals surface area contributed by atoms with Crippen LogP contribution in [0.25, 0.3) is 0 Å². The van der Waals surface area contributed by atoms with Crippen molar-refractivity contribution < 1.29 is 0 Å². The van der Waals surface area contributed by atoms with Gasteiger partial charge in [-0.05, 0) is 36.2 Å². The van der Waals surface area contributed by atoms with E-state index in [2.05, 4.69) is 11.1 Å². The third kappa shape index (κ3) is 3.38. The van der Waals surface area contributed by atoms with Gasteiger partial charge in [0, 0.05) is 33.8 Å². The maximum atomic E-state index is 5.94. The van der Waals surface area contributed by atoms with Gasteiger partial charge in [-0.1, -0.05) is 17.7 Å². The molecule has 0 aliphatic rings. The molecular formula is C13H13ClN2S. The first-order chi connectivity index (χ1) is 8.15. The number of nitrogens with zero attached hydrogens (tertiary/aromatic N) is 1. The van der Waals surface area contributed by atoms with E-state index in [1.807, 2.05) is 31.5 Å². The number of rotatable bonds is 3. The molecule has 2 N–H and O–H groups in total. The van der Waals surface area contributed by atoms with E-state index in [1.54, 1.807) is 17.8 Å². The number of nitrogens with two attached hydrogens (primary N) is 1. The van der Waals surface area contributed by atoms with Crippen molar-refractivity contribution in [1.29, 1.82) is 0 Å². The summed E-state index contributed by atoms with van der Waals surface area (Å²) >= 11 is 7.62. The average molecular weight is 265 g/mol. The van der Waals surface area contributed by atoms with E-state index in [0.29, 0.717) is 5.02 Å². The minimum absolute atomic E-state index is 0.712. The van der Waals surface area contributed by atoms with Gasteiger partial charge in [-0.15, -0.1) is 11.8 Å². The summed E-state index contributed by atoms with van der Waals surface area (Å²) < 4.78 is 0. The fourth-order valence-corrected chi connectivity index (χ4v) is 2.65. The molecule has 4 heteroatoms. The van der Waals surface area contributed by atoms with E-state index < -0.39 is 0 Å². The Morgan fingerprint density at radius 1 is 1.29 bits per heavy atom. The first-order valence-corrected chi connectivity index (χ1v) is 6.60. The molecule has 0 spiro atoms. The number of thioether (sulfide) groups is 1. The second-order valence-corrected chi connectivity index (χ2v) is 5.29. The Kier molecular flexibility index (Phi) is 3.92. The van der Waals surface area contributed by atoms with Gasteiger partial charge in [0.15, 0.2) is 0 Å². The zero-order chi connectivity index (χ0) is 12.3. The van der Waals surface area contributed by atoms with Crippen LogP contribution < -0.4 is 5.73 Å². The molecule has 0 bridgehead atoms. The second kappa shape index (κ2) is 5.43. The summed E-state index contributed by atoms with van der Waals surface area (Å²) in [5.74, 6) is 0.846. The predicted molar refractivity (Wildman–Crippen MR) is 74.4 cm³/mol. The number of hydrogen-bond donors (Lipinski definition) is 1. The molecule has 1 heterocycles. The van der Waals surface area contributed by atoms with Crippen LogP contribution in [0.4, 0.5) is 5.69 Å². The molecule has 2 aromatic rings. The summed E-state index contributed by atoms with van der Waals surface area (Å²) in [5.41, 5.74) is 9.01. The van der Waals surface area contributed by atoms with Crippen molar-refractivity contribution in [2.45, 2.75) is 17.6 Å². The summed E-state index contributed by atoms with van der Waals surface area (Å²) in [6.07, 6.45) is 3.72. The molecule has 0 saturated carbocycles. The van der Waals surface area contributed by atoms with Crippen molar-refractivity contribution in [2.75, 3.05) is 5.73 Å². The van der Waals surface area contributed by atoms with E-state index in [1.165, 1.54) is 11.1 Å².